The predicted octanol–water partition coefficient (Wildman–Crippen LogP) is 2.54. The lowest BCUT2D eigenvalue weighted by Crippen LogP contribution is -2.55. The van der Waals surface area contributed by atoms with Crippen LogP contribution < -0.4 is 0 Å². The summed E-state index contributed by atoms with van der Waals surface area (Å²) in [5, 5.41) is 17.6. The van der Waals surface area contributed by atoms with Crippen LogP contribution in [0.4, 0.5) is 26.3 Å². The molecule has 10 heteroatoms. The number of ether oxygens (including phenoxy) is 1. The number of halogens is 6. The van der Waals surface area contributed by atoms with E-state index in [4.69, 9.17) is 5.11 Å². The number of allylic oxidation sites excluding steroid dienone is 1. The first kappa shape index (κ1) is 21.7. The van der Waals surface area contributed by atoms with Gasteiger partial charge >= 0.3 is 23.7 Å². The summed E-state index contributed by atoms with van der Waals surface area (Å²) in [5.41, 5.74) is 0. The van der Waals surface area contributed by atoms with E-state index in [0.29, 0.717) is 0 Å². The van der Waals surface area contributed by atoms with Crippen LogP contribution in [0.25, 0.3) is 0 Å². The molecule has 23 heavy (non-hydrogen) atoms. The van der Waals surface area contributed by atoms with Gasteiger partial charge in [-0.1, -0.05) is 6.08 Å². The average Bonchev–Trinajstić information content (AvgIpc) is 2.42. The molecule has 2 N–H and O–H groups in total. The Balaban J connectivity index is 4.84. The third kappa shape index (κ3) is 6.02. The van der Waals surface area contributed by atoms with Crippen LogP contribution in [-0.4, -0.2) is 53.3 Å². The molecule has 0 aliphatic heterocycles. The Hall–Kier alpha value is -1.29. The first-order valence-electron chi connectivity index (χ1n) is 6.63. The summed E-state index contributed by atoms with van der Waals surface area (Å²) in [6.45, 7) is -0.460. The van der Waals surface area contributed by atoms with E-state index in [9.17, 15) is 36.2 Å². The Morgan fingerprint density at radius 2 is 1.74 bits per heavy atom. The summed E-state index contributed by atoms with van der Waals surface area (Å²) in [6, 6.07) is 0. The number of rotatable bonds is 10. The van der Waals surface area contributed by atoms with E-state index in [2.05, 4.69) is 4.74 Å². The van der Waals surface area contributed by atoms with Crippen LogP contribution >= 0.6 is 0 Å². The molecule has 0 aromatic heterocycles. The van der Waals surface area contributed by atoms with Crippen LogP contribution in [0.5, 0.6) is 0 Å². The highest BCUT2D eigenvalue weighted by atomic mass is 19.3. The normalized spacial score (nSPS) is 15.0. The summed E-state index contributed by atoms with van der Waals surface area (Å²) < 4.78 is 84.4. The number of carbonyl (C=O) groups excluding carboxylic acids is 1. The second-order valence-corrected chi connectivity index (χ2v) is 4.80. The predicted molar refractivity (Wildman–Crippen MR) is 67.6 cm³/mol. The maximum Gasteiger partial charge on any atom is 0.371 e. The number of hydrogen-bond acceptors (Lipinski definition) is 4. The Kier molecular flexibility index (Phi) is 8.05. The molecule has 0 aromatic carbocycles. The fourth-order valence-electron chi connectivity index (χ4n) is 1.57. The lowest BCUT2D eigenvalue weighted by atomic mass is 9.96. The van der Waals surface area contributed by atoms with E-state index >= 15 is 0 Å². The molecule has 0 bridgehead atoms. The molecule has 136 valence electrons. The molecule has 0 spiro atoms. The largest absolute Gasteiger partial charge is 0.460 e. The van der Waals surface area contributed by atoms with Crippen molar-refractivity contribution in [3.63, 3.8) is 0 Å². The van der Waals surface area contributed by atoms with E-state index in [0.717, 1.165) is 6.08 Å². The number of esters is 1. The topological polar surface area (TPSA) is 66.8 Å². The van der Waals surface area contributed by atoms with Crippen LogP contribution in [0.2, 0.25) is 0 Å². The number of carbonyl (C=O) groups is 1. The van der Waals surface area contributed by atoms with Crippen molar-refractivity contribution in [3.8, 4) is 0 Å². The smallest absolute Gasteiger partial charge is 0.371 e. The van der Waals surface area contributed by atoms with E-state index in [-0.39, 0.29) is 0 Å². The van der Waals surface area contributed by atoms with Gasteiger partial charge in [0.05, 0.1) is 6.10 Å². The Bertz CT molecular complexity index is 411. The van der Waals surface area contributed by atoms with Crippen molar-refractivity contribution in [1.82, 2.24) is 0 Å². The average molecular weight is 352 g/mol. The molecule has 0 radical (unpaired) electrons. The zero-order valence-electron chi connectivity index (χ0n) is 12.2. The number of hydrogen-bond donors (Lipinski definition) is 2. The van der Waals surface area contributed by atoms with E-state index in [1.54, 1.807) is 0 Å². The van der Waals surface area contributed by atoms with Gasteiger partial charge < -0.3 is 14.9 Å². The minimum Gasteiger partial charge on any atom is -0.460 e. The second kappa shape index (κ2) is 8.53. The first-order valence-corrected chi connectivity index (χ1v) is 6.63. The minimum atomic E-state index is -5.73. The van der Waals surface area contributed by atoms with Gasteiger partial charge in [0.2, 0.25) is 0 Å². The van der Waals surface area contributed by atoms with Crippen molar-refractivity contribution in [3.05, 3.63) is 12.2 Å². The molecule has 0 fully saturated rings. The molecule has 0 saturated heterocycles. The lowest BCUT2D eigenvalue weighted by molar-refractivity contribution is -0.317. The molecule has 0 aromatic rings. The Labute approximate surface area is 128 Å². The molecule has 0 aliphatic carbocycles. The molecule has 0 saturated carbocycles. The van der Waals surface area contributed by atoms with Crippen LogP contribution in [0.3, 0.4) is 0 Å². The van der Waals surface area contributed by atoms with Crippen molar-refractivity contribution < 1.29 is 46.1 Å². The van der Waals surface area contributed by atoms with E-state index < -0.39 is 62.3 Å². The van der Waals surface area contributed by atoms with Crippen LogP contribution in [0.15, 0.2) is 12.2 Å². The van der Waals surface area contributed by atoms with E-state index in [1.807, 2.05) is 0 Å². The Morgan fingerprint density at radius 3 is 2.22 bits per heavy atom. The van der Waals surface area contributed by atoms with Crippen molar-refractivity contribution in [2.45, 2.75) is 50.1 Å². The molecule has 1 unspecified atom stereocenters. The summed E-state index contributed by atoms with van der Waals surface area (Å²) in [7, 11) is 0. The van der Waals surface area contributed by atoms with Gasteiger partial charge in [-0.25, -0.2) is 4.79 Å². The highest BCUT2D eigenvalue weighted by molar-refractivity contribution is 5.81. The van der Waals surface area contributed by atoms with Crippen LogP contribution in [-0.2, 0) is 9.53 Å². The molecule has 4 nitrogen and oxygen atoms in total. The van der Waals surface area contributed by atoms with Gasteiger partial charge in [0.25, 0.3) is 0 Å². The van der Waals surface area contributed by atoms with Crippen LogP contribution in [0.1, 0.15) is 26.2 Å². The molecule has 0 rings (SSSR count). The summed E-state index contributed by atoms with van der Waals surface area (Å²) >= 11 is 0. The quantitative estimate of drug-likeness (QED) is 0.360. The Morgan fingerprint density at radius 1 is 1.17 bits per heavy atom. The fourth-order valence-corrected chi connectivity index (χ4v) is 1.57. The second-order valence-electron chi connectivity index (χ2n) is 4.80. The highest BCUT2D eigenvalue weighted by Crippen LogP contribution is 2.49. The van der Waals surface area contributed by atoms with Crippen molar-refractivity contribution in [2.24, 2.45) is 0 Å². The first-order chi connectivity index (χ1) is 10.4. The lowest BCUT2D eigenvalue weighted by Gasteiger charge is -2.33. The van der Waals surface area contributed by atoms with Gasteiger partial charge in [-0.15, -0.1) is 0 Å². The number of alkyl halides is 6. The maximum absolute atomic E-state index is 13.4. The SMILES string of the molecule is CC=CC(=O)OCC(O)CC(F)(F)C(F)(F)C(F)(F)CCCO. The third-order valence-corrected chi connectivity index (χ3v) is 2.78. The standard InChI is InChI=1S/C13H18F6O4/c1-2-4-10(22)23-8-9(21)7-12(16,17)13(18,19)11(14,15)5-3-6-20/h2,4,9,20-21H,3,5-8H2,1H3. The van der Waals surface area contributed by atoms with Gasteiger partial charge in [0, 0.05) is 25.5 Å². The van der Waals surface area contributed by atoms with Crippen molar-refractivity contribution in [2.75, 3.05) is 13.2 Å². The molecule has 0 amide bonds. The van der Waals surface area contributed by atoms with Crippen LogP contribution in [0, 0.1) is 0 Å². The van der Waals surface area contributed by atoms with Gasteiger partial charge in [-0.3, -0.25) is 0 Å². The summed E-state index contributed by atoms with van der Waals surface area (Å²) in [5.74, 6) is -17.0. The third-order valence-electron chi connectivity index (χ3n) is 2.78. The fraction of sp³-hybridized carbons (Fsp3) is 0.769. The minimum absolute atomic E-state index is 0.789. The van der Waals surface area contributed by atoms with E-state index in [1.165, 1.54) is 13.0 Å². The molecular weight excluding hydrogens is 334 g/mol. The molecular formula is C13H18F6O4. The van der Waals surface area contributed by atoms with Crippen molar-refractivity contribution in [1.29, 1.82) is 0 Å². The van der Waals surface area contributed by atoms with Gasteiger partial charge in [-0.05, 0) is 13.3 Å². The maximum atomic E-state index is 13.4. The highest BCUT2D eigenvalue weighted by Gasteiger charge is 2.70. The van der Waals surface area contributed by atoms with Gasteiger partial charge in [-0.2, -0.15) is 26.3 Å². The summed E-state index contributed by atoms with van der Waals surface area (Å²) in [6.07, 6.45) is -4.56. The van der Waals surface area contributed by atoms with Gasteiger partial charge in [0.1, 0.15) is 6.61 Å². The number of aliphatic hydroxyl groups is 2. The molecule has 1 atom stereocenters. The van der Waals surface area contributed by atoms with Gasteiger partial charge in [0.15, 0.2) is 0 Å². The summed E-state index contributed by atoms with van der Waals surface area (Å²) in [4.78, 5) is 10.9. The molecule has 0 heterocycles. The zero-order valence-corrected chi connectivity index (χ0v) is 12.2. The van der Waals surface area contributed by atoms with Crippen molar-refractivity contribution >= 4 is 5.97 Å². The molecule has 0 aliphatic rings. The number of aliphatic hydroxyl groups excluding tert-OH is 2. The monoisotopic (exact) mass is 352 g/mol. The zero-order chi connectivity index (χ0) is 18.3.